The maximum atomic E-state index is 10.9. The van der Waals surface area contributed by atoms with Gasteiger partial charge in [-0.2, -0.15) is 0 Å². The van der Waals surface area contributed by atoms with Crippen molar-refractivity contribution in [3.63, 3.8) is 0 Å². The zero-order chi connectivity index (χ0) is 9.90. The Morgan fingerprint density at radius 2 is 2.38 bits per heavy atom. The summed E-state index contributed by atoms with van der Waals surface area (Å²) in [6, 6.07) is 0. The van der Waals surface area contributed by atoms with E-state index in [1.54, 1.807) is 0 Å². The molecule has 0 saturated carbocycles. The molecule has 0 fully saturated rings. The lowest BCUT2D eigenvalue weighted by Crippen LogP contribution is -1.93. The summed E-state index contributed by atoms with van der Waals surface area (Å²) in [5.74, 6) is -0.768. The molecule has 1 rings (SSSR count). The first kappa shape index (κ1) is 10.2. The van der Waals surface area contributed by atoms with Crippen LogP contribution in [0.5, 0.6) is 0 Å². The fourth-order valence-electron chi connectivity index (χ4n) is 0.588. The average Bonchev–Trinajstić information content (AvgIpc) is 2.48. The van der Waals surface area contributed by atoms with E-state index in [0.29, 0.717) is 0 Å². The Labute approximate surface area is 73.7 Å². The first-order valence-corrected chi connectivity index (χ1v) is 5.33. The van der Waals surface area contributed by atoms with Crippen molar-refractivity contribution in [2.45, 2.75) is 13.5 Å². The lowest BCUT2D eigenvalue weighted by molar-refractivity contribution is 0.225. The Hall–Kier alpha value is -0.840. The minimum Gasteiger partial charge on any atom is -0.399 e. The van der Waals surface area contributed by atoms with Gasteiger partial charge in [0.1, 0.15) is 12.9 Å². The van der Waals surface area contributed by atoms with Gasteiger partial charge in [-0.3, -0.25) is 4.57 Å². The standard InChI is InChI=1S/C6H9O6P/c1-2-13(8,9)11-4-5-3-10-6(7)12-5/h3H,2,4H2,1H3,(H,8,9). The Morgan fingerprint density at radius 1 is 1.69 bits per heavy atom. The van der Waals surface area contributed by atoms with Crippen LogP contribution < -0.4 is 5.82 Å². The summed E-state index contributed by atoms with van der Waals surface area (Å²) < 4.78 is 24.3. The van der Waals surface area contributed by atoms with Gasteiger partial charge in [-0.1, -0.05) is 6.92 Å². The molecule has 1 N–H and O–H groups in total. The lowest BCUT2D eigenvalue weighted by Gasteiger charge is -2.06. The summed E-state index contributed by atoms with van der Waals surface area (Å²) >= 11 is 0. The fourth-order valence-corrected chi connectivity index (χ4v) is 1.10. The average molecular weight is 208 g/mol. The quantitative estimate of drug-likeness (QED) is 0.741. The molecule has 0 aliphatic heterocycles. The van der Waals surface area contributed by atoms with Crippen LogP contribution in [0, 0.1) is 0 Å². The van der Waals surface area contributed by atoms with E-state index in [-0.39, 0.29) is 18.5 Å². The predicted molar refractivity (Wildman–Crippen MR) is 42.4 cm³/mol. The Bertz CT molecular complexity index is 363. The molecule has 7 heteroatoms. The summed E-state index contributed by atoms with van der Waals surface area (Å²) in [5.41, 5.74) is 0. The molecule has 0 bridgehead atoms. The first-order chi connectivity index (χ1) is 6.03. The van der Waals surface area contributed by atoms with Gasteiger partial charge in [0, 0.05) is 6.16 Å². The molecule has 1 atom stereocenters. The Morgan fingerprint density at radius 3 is 2.85 bits per heavy atom. The van der Waals surface area contributed by atoms with Gasteiger partial charge in [-0.15, -0.1) is 0 Å². The van der Waals surface area contributed by atoms with Crippen molar-refractivity contribution in [3.8, 4) is 0 Å². The van der Waals surface area contributed by atoms with Gasteiger partial charge in [0.2, 0.25) is 0 Å². The number of hydrogen-bond acceptors (Lipinski definition) is 5. The smallest absolute Gasteiger partial charge is 0.399 e. The van der Waals surface area contributed by atoms with E-state index in [2.05, 4.69) is 13.4 Å². The second-order valence-corrected chi connectivity index (χ2v) is 4.45. The monoisotopic (exact) mass is 208 g/mol. The normalized spacial score (nSPS) is 15.5. The van der Waals surface area contributed by atoms with Crippen LogP contribution in [0.4, 0.5) is 0 Å². The molecular weight excluding hydrogens is 199 g/mol. The van der Waals surface area contributed by atoms with Crippen molar-refractivity contribution >= 4 is 7.60 Å². The molecule has 0 aliphatic rings. The van der Waals surface area contributed by atoms with Crippen LogP contribution in [0.25, 0.3) is 0 Å². The van der Waals surface area contributed by atoms with Gasteiger partial charge in [0.05, 0.1) is 0 Å². The topological polar surface area (TPSA) is 89.9 Å². The van der Waals surface area contributed by atoms with Crippen LogP contribution in [0.1, 0.15) is 12.7 Å². The van der Waals surface area contributed by atoms with Crippen LogP contribution in [-0.2, 0) is 15.7 Å². The molecule has 1 aromatic rings. The highest BCUT2D eigenvalue weighted by Crippen LogP contribution is 2.41. The van der Waals surface area contributed by atoms with E-state index in [0.717, 1.165) is 6.26 Å². The molecule has 0 amide bonds. The van der Waals surface area contributed by atoms with Gasteiger partial charge in [0.25, 0.3) is 0 Å². The second-order valence-electron chi connectivity index (χ2n) is 2.28. The summed E-state index contributed by atoms with van der Waals surface area (Å²) in [5, 5.41) is 0. The van der Waals surface area contributed by atoms with Gasteiger partial charge in [0.15, 0.2) is 5.76 Å². The van der Waals surface area contributed by atoms with Crippen molar-refractivity contribution in [2.24, 2.45) is 0 Å². The highest BCUT2D eigenvalue weighted by molar-refractivity contribution is 7.52. The van der Waals surface area contributed by atoms with Crippen molar-refractivity contribution < 1.29 is 22.8 Å². The third-order valence-electron chi connectivity index (χ3n) is 1.31. The molecule has 0 aliphatic carbocycles. The van der Waals surface area contributed by atoms with Gasteiger partial charge >= 0.3 is 13.4 Å². The molecule has 0 spiro atoms. The molecule has 1 aromatic heterocycles. The van der Waals surface area contributed by atoms with Crippen LogP contribution in [0.15, 0.2) is 19.9 Å². The maximum absolute atomic E-state index is 10.9. The van der Waals surface area contributed by atoms with Crippen molar-refractivity contribution in [1.29, 1.82) is 0 Å². The molecule has 0 saturated heterocycles. The highest BCUT2D eigenvalue weighted by atomic mass is 31.2. The molecule has 0 aromatic carbocycles. The first-order valence-electron chi connectivity index (χ1n) is 3.57. The molecule has 13 heavy (non-hydrogen) atoms. The summed E-state index contributed by atoms with van der Waals surface area (Å²) in [6.07, 6.45) is 1.05. The van der Waals surface area contributed by atoms with Crippen LogP contribution in [0.3, 0.4) is 0 Å². The molecule has 6 nitrogen and oxygen atoms in total. The van der Waals surface area contributed by atoms with E-state index in [9.17, 15) is 9.36 Å². The third-order valence-corrected chi connectivity index (χ3v) is 2.64. The summed E-state index contributed by atoms with van der Waals surface area (Å²) in [6.45, 7) is 1.28. The van der Waals surface area contributed by atoms with Crippen molar-refractivity contribution in [1.82, 2.24) is 0 Å². The SMILES string of the molecule is CCP(=O)(O)OCc1coc(=O)o1. The fraction of sp³-hybridized carbons (Fsp3) is 0.500. The third kappa shape index (κ3) is 3.18. The molecular formula is C6H9O6P. The van der Waals surface area contributed by atoms with Gasteiger partial charge < -0.3 is 18.3 Å². The number of hydrogen-bond donors (Lipinski definition) is 1. The molecule has 74 valence electrons. The Kier molecular flexibility index (Phi) is 3.08. The molecule has 0 radical (unpaired) electrons. The lowest BCUT2D eigenvalue weighted by atomic mass is 10.6. The predicted octanol–water partition coefficient (Wildman–Crippen LogP) is 0.955. The van der Waals surface area contributed by atoms with Crippen molar-refractivity contribution in [3.05, 3.63) is 22.6 Å². The minimum atomic E-state index is -3.53. The van der Waals surface area contributed by atoms with Crippen LogP contribution in [-0.4, -0.2) is 11.1 Å². The molecule has 1 unspecified atom stereocenters. The van der Waals surface area contributed by atoms with E-state index >= 15 is 0 Å². The van der Waals surface area contributed by atoms with E-state index in [4.69, 9.17) is 4.89 Å². The zero-order valence-corrected chi connectivity index (χ0v) is 7.82. The summed E-state index contributed by atoms with van der Waals surface area (Å²) in [7, 11) is -3.53. The largest absolute Gasteiger partial charge is 0.518 e. The van der Waals surface area contributed by atoms with E-state index in [1.165, 1.54) is 6.92 Å². The summed E-state index contributed by atoms with van der Waals surface area (Å²) in [4.78, 5) is 19.3. The highest BCUT2D eigenvalue weighted by Gasteiger charge is 2.16. The van der Waals surface area contributed by atoms with Crippen LogP contribution in [0.2, 0.25) is 0 Å². The maximum Gasteiger partial charge on any atom is 0.518 e. The Balaban J connectivity index is 2.53. The van der Waals surface area contributed by atoms with E-state index < -0.39 is 13.4 Å². The zero-order valence-electron chi connectivity index (χ0n) is 6.93. The minimum absolute atomic E-state index is 0.00901. The van der Waals surface area contributed by atoms with Gasteiger partial charge in [-0.25, -0.2) is 4.79 Å². The second kappa shape index (κ2) is 3.91. The van der Waals surface area contributed by atoms with Gasteiger partial charge in [-0.05, 0) is 0 Å². The van der Waals surface area contributed by atoms with E-state index in [1.807, 2.05) is 0 Å². The van der Waals surface area contributed by atoms with Crippen molar-refractivity contribution in [2.75, 3.05) is 6.16 Å². The van der Waals surface area contributed by atoms with Crippen LogP contribution >= 0.6 is 7.60 Å². The number of rotatable bonds is 4. The molecule has 1 heterocycles.